The third-order valence-electron chi connectivity index (χ3n) is 6.70. The van der Waals surface area contributed by atoms with Crippen LogP contribution in [-0.4, -0.2) is 25.0 Å². The number of hydrogen-bond acceptors (Lipinski definition) is 4. The molecule has 3 aromatic carbocycles. The summed E-state index contributed by atoms with van der Waals surface area (Å²) >= 11 is 0. The summed E-state index contributed by atoms with van der Waals surface area (Å²) in [4.78, 5) is 27.2. The van der Waals surface area contributed by atoms with Gasteiger partial charge in [-0.05, 0) is 59.9 Å². The molecular weight excluding hydrogens is 488 g/mol. The van der Waals surface area contributed by atoms with Crippen molar-refractivity contribution < 1.29 is 31.9 Å². The molecule has 0 bridgehead atoms. The van der Waals surface area contributed by atoms with Crippen molar-refractivity contribution >= 4 is 23.1 Å². The van der Waals surface area contributed by atoms with Gasteiger partial charge in [-0.1, -0.05) is 36.4 Å². The highest BCUT2D eigenvalue weighted by molar-refractivity contribution is 6.07. The minimum atomic E-state index is -5.21. The summed E-state index contributed by atoms with van der Waals surface area (Å²) < 4.78 is 60.8. The Morgan fingerprint density at radius 2 is 1.70 bits per heavy atom. The van der Waals surface area contributed by atoms with Crippen molar-refractivity contribution in [2.24, 2.45) is 0 Å². The molecule has 1 N–H and O–H groups in total. The Morgan fingerprint density at radius 1 is 0.973 bits per heavy atom. The molecule has 9 heteroatoms. The van der Waals surface area contributed by atoms with Gasteiger partial charge >= 0.3 is 12.1 Å². The van der Waals surface area contributed by atoms with Gasteiger partial charge in [0.15, 0.2) is 5.78 Å². The Bertz CT molecular complexity index is 1400. The SMILES string of the molecule is COc1cccc([C@@H]2CC(=O)C3=C(C2)Nc2ccccc2N(C(=O)C(F)(F)F)[C@@H]3c2ccc(F)cc2)c1. The molecule has 1 amide bonds. The molecule has 0 unspecified atom stereocenters. The van der Waals surface area contributed by atoms with Crippen LogP contribution in [0.1, 0.15) is 35.9 Å². The quantitative estimate of drug-likeness (QED) is 0.421. The monoisotopic (exact) mass is 510 g/mol. The summed E-state index contributed by atoms with van der Waals surface area (Å²) in [5.41, 5.74) is 1.75. The van der Waals surface area contributed by atoms with Gasteiger partial charge in [0.25, 0.3) is 0 Å². The number of amides is 1. The lowest BCUT2D eigenvalue weighted by atomic mass is 9.78. The Morgan fingerprint density at radius 3 is 2.41 bits per heavy atom. The van der Waals surface area contributed by atoms with Crippen LogP contribution in [0.4, 0.5) is 28.9 Å². The van der Waals surface area contributed by atoms with E-state index in [4.69, 9.17) is 4.74 Å². The summed E-state index contributed by atoms with van der Waals surface area (Å²) in [7, 11) is 1.54. The van der Waals surface area contributed by atoms with Gasteiger partial charge in [0.1, 0.15) is 11.6 Å². The number of alkyl halides is 3. The van der Waals surface area contributed by atoms with Gasteiger partial charge in [0.05, 0.1) is 24.5 Å². The third kappa shape index (κ3) is 4.57. The zero-order valence-electron chi connectivity index (χ0n) is 19.7. The summed E-state index contributed by atoms with van der Waals surface area (Å²) in [6.07, 6.45) is -4.87. The first-order valence-electron chi connectivity index (χ1n) is 11.6. The van der Waals surface area contributed by atoms with Crippen molar-refractivity contribution in [3.8, 4) is 5.75 Å². The standard InChI is InChI=1S/C28H22F4N2O3/c1-37-20-6-4-5-17(13-20)18-14-22-25(24(35)15-18)26(16-9-11-19(29)12-10-16)34(27(36)28(30,31)32)23-8-3-2-7-21(23)33-22/h2-13,18,26,33H,14-15H2,1H3/t18-,26+/m0/s1. The minimum Gasteiger partial charge on any atom is -0.497 e. The molecule has 0 fully saturated rings. The van der Waals surface area contributed by atoms with Crippen LogP contribution in [0.2, 0.25) is 0 Å². The Balaban J connectivity index is 1.71. The fourth-order valence-electron chi connectivity index (χ4n) is 5.04. The predicted octanol–water partition coefficient (Wildman–Crippen LogP) is 6.30. The van der Waals surface area contributed by atoms with Crippen LogP contribution in [0.3, 0.4) is 0 Å². The number of Topliss-reactive ketones (excluding diaryl/α,β-unsaturated/α-hetero) is 1. The molecule has 5 rings (SSSR count). The summed E-state index contributed by atoms with van der Waals surface area (Å²) in [5.74, 6) is -2.75. The average molecular weight is 510 g/mol. The van der Waals surface area contributed by atoms with Gasteiger partial charge in [-0.15, -0.1) is 0 Å². The molecule has 1 aliphatic carbocycles. The van der Waals surface area contributed by atoms with E-state index in [-0.39, 0.29) is 34.9 Å². The van der Waals surface area contributed by atoms with E-state index in [1.807, 2.05) is 18.2 Å². The number of halogens is 4. The first-order valence-corrected chi connectivity index (χ1v) is 11.6. The normalized spacial score (nSPS) is 19.5. The van der Waals surface area contributed by atoms with Crippen LogP contribution >= 0.6 is 0 Å². The lowest BCUT2D eigenvalue weighted by Gasteiger charge is -2.35. The van der Waals surface area contributed by atoms with E-state index in [1.54, 1.807) is 18.2 Å². The second-order valence-corrected chi connectivity index (χ2v) is 8.97. The van der Waals surface area contributed by atoms with Crippen LogP contribution in [0.15, 0.2) is 84.1 Å². The van der Waals surface area contributed by atoms with Crippen LogP contribution < -0.4 is 15.0 Å². The van der Waals surface area contributed by atoms with Gasteiger partial charge in [0, 0.05) is 17.7 Å². The second kappa shape index (κ2) is 9.38. The number of benzene rings is 3. The molecule has 5 nitrogen and oxygen atoms in total. The van der Waals surface area contributed by atoms with E-state index in [2.05, 4.69) is 5.32 Å². The third-order valence-corrected chi connectivity index (χ3v) is 6.70. The number of nitrogens with zero attached hydrogens (tertiary/aromatic N) is 1. The lowest BCUT2D eigenvalue weighted by molar-refractivity contribution is -0.170. The number of ketones is 1. The number of carbonyl (C=O) groups excluding carboxylic acids is 2. The van der Waals surface area contributed by atoms with E-state index in [9.17, 15) is 27.2 Å². The highest BCUT2D eigenvalue weighted by Crippen LogP contribution is 2.48. The van der Waals surface area contributed by atoms with Gasteiger partial charge in [-0.3, -0.25) is 14.5 Å². The number of para-hydroxylation sites is 2. The van der Waals surface area contributed by atoms with Gasteiger partial charge in [-0.2, -0.15) is 13.2 Å². The first kappa shape index (κ1) is 24.5. The molecule has 0 aromatic heterocycles. The molecule has 2 aliphatic rings. The smallest absolute Gasteiger partial charge is 0.471 e. The van der Waals surface area contributed by atoms with Gasteiger partial charge < -0.3 is 10.1 Å². The average Bonchev–Trinajstić information content (AvgIpc) is 3.02. The predicted molar refractivity (Wildman–Crippen MR) is 130 cm³/mol. The number of rotatable bonds is 3. The number of allylic oxidation sites excluding steroid dienone is 1. The molecule has 1 heterocycles. The van der Waals surface area contributed by atoms with Crippen molar-refractivity contribution in [1.29, 1.82) is 0 Å². The van der Waals surface area contributed by atoms with Crippen LogP contribution in [0, 0.1) is 5.82 Å². The van der Waals surface area contributed by atoms with E-state index < -0.39 is 29.7 Å². The molecule has 1 aliphatic heterocycles. The molecule has 190 valence electrons. The minimum absolute atomic E-state index is 0.0236. The Kier molecular flexibility index (Phi) is 6.23. The van der Waals surface area contributed by atoms with Crippen LogP contribution in [0.25, 0.3) is 0 Å². The highest BCUT2D eigenvalue weighted by Gasteiger charge is 2.50. The topological polar surface area (TPSA) is 58.6 Å². The molecule has 0 saturated carbocycles. The molecule has 0 spiro atoms. The van der Waals surface area contributed by atoms with Crippen LogP contribution in [-0.2, 0) is 9.59 Å². The number of hydrogen-bond donors (Lipinski definition) is 1. The van der Waals surface area contributed by atoms with E-state index in [0.29, 0.717) is 22.8 Å². The second-order valence-electron chi connectivity index (χ2n) is 8.97. The van der Waals surface area contributed by atoms with Crippen molar-refractivity contribution in [3.63, 3.8) is 0 Å². The number of carbonyl (C=O) groups is 2. The Hall–Kier alpha value is -4.14. The number of methoxy groups -OCH3 is 1. The lowest BCUT2D eigenvalue weighted by Crippen LogP contribution is -2.45. The number of ether oxygens (including phenoxy) is 1. The number of anilines is 2. The number of fused-ring (bicyclic) bond motifs is 1. The van der Waals surface area contributed by atoms with Crippen molar-refractivity contribution in [3.05, 3.63) is 101 Å². The van der Waals surface area contributed by atoms with E-state index >= 15 is 0 Å². The fourth-order valence-corrected chi connectivity index (χ4v) is 5.04. The maximum Gasteiger partial charge on any atom is 0.471 e. The molecule has 0 saturated heterocycles. The summed E-state index contributed by atoms with van der Waals surface area (Å²) in [6, 6.07) is 16.8. The van der Waals surface area contributed by atoms with Gasteiger partial charge in [0.2, 0.25) is 0 Å². The fraction of sp³-hybridized carbons (Fsp3) is 0.214. The number of nitrogens with one attached hydrogen (secondary N) is 1. The Labute approximate surface area is 210 Å². The summed E-state index contributed by atoms with van der Waals surface area (Å²) in [5, 5.41) is 3.16. The van der Waals surface area contributed by atoms with Crippen LogP contribution in [0.5, 0.6) is 5.75 Å². The van der Waals surface area contributed by atoms with Gasteiger partial charge in [-0.25, -0.2) is 4.39 Å². The van der Waals surface area contributed by atoms with E-state index in [0.717, 1.165) is 17.7 Å². The largest absolute Gasteiger partial charge is 0.497 e. The molecule has 2 atom stereocenters. The maximum atomic E-state index is 13.9. The van der Waals surface area contributed by atoms with Crippen molar-refractivity contribution in [1.82, 2.24) is 0 Å². The molecule has 0 radical (unpaired) electrons. The molecule has 3 aromatic rings. The van der Waals surface area contributed by atoms with E-state index in [1.165, 1.54) is 31.4 Å². The molecule has 37 heavy (non-hydrogen) atoms. The van der Waals surface area contributed by atoms with Crippen molar-refractivity contribution in [2.75, 3.05) is 17.3 Å². The maximum absolute atomic E-state index is 13.9. The zero-order chi connectivity index (χ0) is 26.3. The molecular formula is C28H22F4N2O3. The summed E-state index contributed by atoms with van der Waals surface area (Å²) in [6.45, 7) is 0. The van der Waals surface area contributed by atoms with Crippen molar-refractivity contribution in [2.45, 2.75) is 31.0 Å². The zero-order valence-corrected chi connectivity index (χ0v) is 19.7. The highest BCUT2D eigenvalue weighted by atomic mass is 19.4. The first-order chi connectivity index (χ1) is 17.7.